The monoisotopic (exact) mass is 309 g/mol. The predicted octanol–water partition coefficient (Wildman–Crippen LogP) is -0.467. The minimum Gasteiger partial charge on any atom is -0.474 e. The summed E-state index contributed by atoms with van der Waals surface area (Å²) >= 11 is 0. The number of hydrazine groups is 1. The molecule has 0 heterocycles. The summed E-state index contributed by atoms with van der Waals surface area (Å²) in [4.78, 5) is 44.0. The first-order valence-corrected chi connectivity index (χ1v) is 6.20. The maximum atomic E-state index is 11.5. The van der Waals surface area contributed by atoms with Crippen LogP contribution in [0.1, 0.15) is 12.5 Å². The predicted molar refractivity (Wildman–Crippen MR) is 73.1 cm³/mol. The Morgan fingerprint density at radius 1 is 1.14 bits per heavy atom. The summed E-state index contributed by atoms with van der Waals surface area (Å²) in [6, 6.07) is 7.76. The summed E-state index contributed by atoms with van der Waals surface area (Å²) < 4.78 is 4.83. The molecule has 4 N–H and O–H groups in total. The van der Waals surface area contributed by atoms with Gasteiger partial charge < -0.3 is 15.2 Å². The molecule has 1 rings (SSSR count). The fourth-order valence-corrected chi connectivity index (χ4v) is 1.30. The average Bonchev–Trinajstić information content (AvgIpc) is 2.51. The van der Waals surface area contributed by atoms with Crippen LogP contribution in [0.25, 0.3) is 0 Å². The second-order valence-corrected chi connectivity index (χ2v) is 4.18. The van der Waals surface area contributed by atoms with Gasteiger partial charge in [-0.05, 0) is 12.5 Å². The molecule has 0 aliphatic carbocycles. The first-order valence-electron chi connectivity index (χ1n) is 6.20. The van der Waals surface area contributed by atoms with Crippen LogP contribution in [0.4, 0.5) is 4.79 Å². The number of rotatable bonds is 4. The number of aliphatic carboxylic acids is 1. The summed E-state index contributed by atoms with van der Waals surface area (Å²) in [7, 11) is 0. The Morgan fingerprint density at radius 2 is 1.77 bits per heavy atom. The highest BCUT2D eigenvalue weighted by Crippen LogP contribution is 2.00. The van der Waals surface area contributed by atoms with Gasteiger partial charge >= 0.3 is 18.0 Å². The number of benzene rings is 1. The number of ether oxygens (including phenoxy) is 1. The molecule has 0 fully saturated rings. The minimum absolute atomic E-state index is 0.0217. The lowest BCUT2D eigenvalue weighted by Gasteiger charge is -2.13. The van der Waals surface area contributed by atoms with Gasteiger partial charge in [0, 0.05) is 0 Å². The van der Waals surface area contributed by atoms with Crippen LogP contribution in [0.15, 0.2) is 30.3 Å². The fourth-order valence-electron chi connectivity index (χ4n) is 1.30. The molecule has 118 valence electrons. The van der Waals surface area contributed by atoms with E-state index in [1.165, 1.54) is 6.92 Å². The molecule has 3 amide bonds. The standard InChI is InChI=1S/C13H15N3O6/c1-8(14-11(18)12(19)20)10(17)15-16-13(21)22-7-9-5-3-2-4-6-9/h2-6,8H,7H2,1H3,(H,14,18)(H,15,17)(H,16,21)(H,19,20)/t8-/m0/s1. The van der Waals surface area contributed by atoms with Gasteiger partial charge in [0.25, 0.3) is 5.91 Å². The summed E-state index contributed by atoms with van der Waals surface area (Å²) in [5.41, 5.74) is 4.74. The number of nitrogens with one attached hydrogen (secondary N) is 3. The fraction of sp³-hybridized carbons (Fsp3) is 0.231. The topological polar surface area (TPSA) is 134 Å². The third-order valence-corrected chi connectivity index (χ3v) is 2.44. The zero-order chi connectivity index (χ0) is 16.5. The number of hydrogen-bond donors (Lipinski definition) is 4. The van der Waals surface area contributed by atoms with Crippen LogP contribution in [-0.2, 0) is 25.7 Å². The van der Waals surface area contributed by atoms with E-state index in [4.69, 9.17) is 9.84 Å². The summed E-state index contributed by atoms with van der Waals surface area (Å²) in [5, 5.41) is 10.3. The highest BCUT2D eigenvalue weighted by Gasteiger charge is 2.20. The normalized spacial score (nSPS) is 11.0. The molecule has 0 unspecified atom stereocenters. The molecule has 9 nitrogen and oxygen atoms in total. The molecule has 0 aromatic heterocycles. The van der Waals surface area contributed by atoms with Crippen molar-refractivity contribution in [3.8, 4) is 0 Å². The lowest BCUT2D eigenvalue weighted by molar-refractivity contribution is -0.150. The van der Waals surface area contributed by atoms with Crippen molar-refractivity contribution >= 4 is 23.9 Å². The van der Waals surface area contributed by atoms with Crippen molar-refractivity contribution in [3.05, 3.63) is 35.9 Å². The third-order valence-electron chi connectivity index (χ3n) is 2.44. The van der Waals surface area contributed by atoms with Crippen molar-refractivity contribution in [1.82, 2.24) is 16.2 Å². The van der Waals surface area contributed by atoms with Crippen molar-refractivity contribution in [1.29, 1.82) is 0 Å². The van der Waals surface area contributed by atoms with Crippen molar-refractivity contribution in [2.75, 3.05) is 0 Å². The van der Waals surface area contributed by atoms with Crippen molar-refractivity contribution in [2.24, 2.45) is 0 Å². The SMILES string of the molecule is C[C@H](NC(=O)C(=O)O)C(=O)NNC(=O)OCc1ccccc1. The Kier molecular flexibility index (Phi) is 6.35. The molecule has 0 aliphatic rings. The third kappa shape index (κ3) is 5.90. The number of carbonyl (C=O) groups excluding carboxylic acids is 3. The molecule has 22 heavy (non-hydrogen) atoms. The van der Waals surface area contributed by atoms with Crippen molar-refractivity contribution in [3.63, 3.8) is 0 Å². The molecule has 0 aliphatic heterocycles. The largest absolute Gasteiger partial charge is 0.474 e. The molecule has 0 spiro atoms. The molecular formula is C13H15N3O6. The van der Waals surface area contributed by atoms with Crippen LogP contribution < -0.4 is 16.2 Å². The van der Waals surface area contributed by atoms with E-state index in [2.05, 4.69) is 0 Å². The molecule has 0 saturated heterocycles. The molecular weight excluding hydrogens is 294 g/mol. The van der Waals surface area contributed by atoms with Gasteiger partial charge in [0.2, 0.25) is 0 Å². The Labute approximate surface area is 125 Å². The van der Waals surface area contributed by atoms with Gasteiger partial charge in [-0.3, -0.25) is 15.0 Å². The van der Waals surface area contributed by atoms with Crippen LogP contribution in [-0.4, -0.2) is 35.0 Å². The summed E-state index contributed by atoms with van der Waals surface area (Å²) in [6.07, 6.45) is -0.894. The number of carbonyl (C=O) groups is 4. The van der Waals surface area contributed by atoms with E-state index in [1.807, 2.05) is 22.2 Å². The van der Waals surface area contributed by atoms with Gasteiger partial charge in [-0.1, -0.05) is 30.3 Å². The Balaban J connectivity index is 2.29. The number of carboxylic acids is 1. The lowest BCUT2D eigenvalue weighted by atomic mass is 10.2. The van der Waals surface area contributed by atoms with Gasteiger partial charge in [-0.15, -0.1) is 0 Å². The molecule has 1 aromatic rings. The van der Waals surface area contributed by atoms with Crippen LogP contribution in [0, 0.1) is 0 Å². The van der Waals surface area contributed by atoms with Gasteiger partial charge in [-0.2, -0.15) is 0 Å². The molecule has 9 heteroatoms. The average molecular weight is 309 g/mol. The maximum absolute atomic E-state index is 11.5. The highest BCUT2D eigenvalue weighted by molar-refractivity contribution is 6.31. The zero-order valence-electron chi connectivity index (χ0n) is 11.7. The van der Waals surface area contributed by atoms with E-state index in [0.29, 0.717) is 0 Å². The second kappa shape index (κ2) is 8.25. The van der Waals surface area contributed by atoms with Crippen LogP contribution in [0.5, 0.6) is 0 Å². The molecule has 1 atom stereocenters. The van der Waals surface area contributed by atoms with Crippen LogP contribution in [0.3, 0.4) is 0 Å². The van der Waals surface area contributed by atoms with Crippen molar-refractivity contribution < 1.29 is 29.0 Å². The molecule has 0 saturated carbocycles. The van der Waals surface area contributed by atoms with Crippen LogP contribution in [0.2, 0.25) is 0 Å². The number of carboxylic acid groups (broad SMARTS) is 1. The quantitative estimate of drug-likeness (QED) is 0.439. The summed E-state index contributed by atoms with van der Waals surface area (Å²) in [5.74, 6) is -3.84. The Bertz CT molecular complexity index is 560. The van der Waals surface area contributed by atoms with E-state index >= 15 is 0 Å². The smallest absolute Gasteiger partial charge is 0.426 e. The Morgan fingerprint density at radius 3 is 2.36 bits per heavy atom. The first kappa shape index (κ1) is 17.0. The maximum Gasteiger partial charge on any atom is 0.426 e. The van der Waals surface area contributed by atoms with Gasteiger partial charge in [-0.25, -0.2) is 15.0 Å². The van der Waals surface area contributed by atoms with Crippen molar-refractivity contribution in [2.45, 2.75) is 19.6 Å². The minimum atomic E-state index is -1.71. The highest BCUT2D eigenvalue weighted by atomic mass is 16.6. The van der Waals surface area contributed by atoms with E-state index in [0.717, 1.165) is 5.56 Å². The number of hydrogen-bond acceptors (Lipinski definition) is 5. The first-order chi connectivity index (χ1) is 10.4. The van der Waals surface area contributed by atoms with Gasteiger partial charge in [0.1, 0.15) is 12.6 Å². The molecule has 1 aromatic carbocycles. The lowest BCUT2D eigenvalue weighted by Crippen LogP contribution is -2.52. The number of amides is 3. The van der Waals surface area contributed by atoms with Gasteiger partial charge in [0.15, 0.2) is 0 Å². The zero-order valence-corrected chi connectivity index (χ0v) is 11.7. The van der Waals surface area contributed by atoms with E-state index in [1.54, 1.807) is 24.3 Å². The Hall–Kier alpha value is -3.10. The second-order valence-electron chi connectivity index (χ2n) is 4.18. The van der Waals surface area contributed by atoms with E-state index in [-0.39, 0.29) is 6.61 Å². The van der Waals surface area contributed by atoms with E-state index < -0.39 is 29.9 Å². The van der Waals surface area contributed by atoms with Crippen LogP contribution >= 0.6 is 0 Å². The van der Waals surface area contributed by atoms with E-state index in [9.17, 15) is 19.2 Å². The summed E-state index contributed by atoms with van der Waals surface area (Å²) in [6.45, 7) is 1.28. The molecule has 0 radical (unpaired) electrons. The van der Waals surface area contributed by atoms with Gasteiger partial charge in [0.05, 0.1) is 0 Å². The molecule has 0 bridgehead atoms.